The SMILES string of the molecule is CN(C)c1ccc(C=O)s1. The van der Waals surface area contributed by atoms with Gasteiger partial charge in [-0.15, -0.1) is 11.3 Å². The Labute approximate surface area is 64.1 Å². The Morgan fingerprint density at radius 1 is 1.50 bits per heavy atom. The third kappa shape index (κ3) is 1.36. The van der Waals surface area contributed by atoms with Crippen molar-refractivity contribution in [3.63, 3.8) is 0 Å². The molecule has 10 heavy (non-hydrogen) atoms. The molecule has 0 saturated heterocycles. The van der Waals surface area contributed by atoms with Crippen LogP contribution in [0.15, 0.2) is 12.1 Å². The third-order valence-electron chi connectivity index (χ3n) is 1.17. The van der Waals surface area contributed by atoms with Gasteiger partial charge in [0.2, 0.25) is 0 Å². The first-order valence-electron chi connectivity index (χ1n) is 2.96. The topological polar surface area (TPSA) is 20.3 Å². The van der Waals surface area contributed by atoms with Crippen LogP contribution in [-0.2, 0) is 0 Å². The maximum atomic E-state index is 10.2. The van der Waals surface area contributed by atoms with E-state index in [0.29, 0.717) is 0 Å². The summed E-state index contributed by atoms with van der Waals surface area (Å²) in [6.07, 6.45) is 0.873. The maximum absolute atomic E-state index is 10.2. The highest BCUT2D eigenvalue weighted by Crippen LogP contribution is 2.22. The molecule has 0 radical (unpaired) electrons. The summed E-state index contributed by atoms with van der Waals surface area (Å²) in [7, 11) is 3.92. The number of rotatable bonds is 2. The summed E-state index contributed by atoms with van der Waals surface area (Å²) < 4.78 is 0. The molecule has 1 aromatic heterocycles. The van der Waals surface area contributed by atoms with Crippen LogP contribution in [0.5, 0.6) is 0 Å². The Kier molecular flexibility index (Phi) is 2.06. The number of anilines is 1. The summed E-state index contributed by atoms with van der Waals surface area (Å²) in [5, 5.41) is 1.11. The molecule has 0 aliphatic carbocycles. The molecule has 0 atom stereocenters. The molecule has 0 aromatic carbocycles. The summed E-state index contributed by atoms with van der Waals surface area (Å²) in [4.78, 5) is 13.0. The van der Waals surface area contributed by atoms with Gasteiger partial charge in [-0.05, 0) is 12.1 Å². The molecule has 2 nitrogen and oxygen atoms in total. The number of nitrogens with zero attached hydrogens (tertiary/aromatic N) is 1. The molecule has 3 heteroatoms. The highest BCUT2D eigenvalue weighted by atomic mass is 32.1. The summed E-state index contributed by atoms with van der Waals surface area (Å²) >= 11 is 1.50. The molecule has 0 amide bonds. The quantitative estimate of drug-likeness (QED) is 0.605. The predicted molar refractivity (Wildman–Crippen MR) is 44.0 cm³/mol. The van der Waals surface area contributed by atoms with Crippen LogP contribution in [-0.4, -0.2) is 20.4 Å². The fourth-order valence-electron chi connectivity index (χ4n) is 0.646. The normalized spacial score (nSPS) is 9.40. The van der Waals surface area contributed by atoms with E-state index >= 15 is 0 Å². The summed E-state index contributed by atoms with van der Waals surface area (Å²) in [5.74, 6) is 0. The standard InChI is InChI=1S/C7H9NOS/c1-8(2)7-4-3-6(5-9)10-7/h3-5H,1-2H3. The van der Waals surface area contributed by atoms with Gasteiger partial charge in [0.1, 0.15) is 0 Å². The Hall–Kier alpha value is -0.830. The number of carbonyl (C=O) groups is 1. The van der Waals surface area contributed by atoms with Gasteiger partial charge in [-0.1, -0.05) is 0 Å². The molecule has 1 heterocycles. The smallest absolute Gasteiger partial charge is 0.160 e. The van der Waals surface area contributed by atoms with E-state index in [1.807, 2.05) is 31.1 Å². The molecule has 0 fully saturated rings. The second-order valence-corrected chi connectivity index (χ2v) is 3.28. The lowest BCUT2D eigenvalue weighted by Gasteiger charge is -2.06. The zero-order valence-electron chi connectivity index (χ0n) is 6.00. The molecule has 0 spiro atoms. The van der Waals surface area contributed by atoms with E-state index in [0.717, 1.165) is 16.2 Å². The monoisotopic (exact) mass is 155 g/mol. The van der Waals surface area contributed by atoms with Gasteiger partial charge in [0.25, 0.3) is 0 Å². The molecule has 54 valence electrons. The fraction of sp³-hybridized carbons (Fsp3) is 0.286. The first-order valence-corrected chi connectivity index (χ1v) is 3.78. The minimum Gasteiger partial charge on any atom is -0.370 e. The largest absolute Gasteiger partial charge is 0.370 e. The van der Waals surface area contributed by atoms with Gasteiger partial charge in [0.05, 0.1) is 9.88 Å². The van der Waals surface area contributed by atoms with Crippen LogP contribution in [0.25, 0.3) is 0 Å². The van der Waals surface area contributed by atoms with Crippen molar-refractivity contribution in [1.29, 1.82) is 0 Å². The summed E-state index contributed by atoms with van der Waals surface area (Å²) in [6, 6.07) is 3.77. The van der Waals surface area contributed by atoms with Crippen molar-refractivity contribution >= 4 is 22.6 Å². The lowest BCUT2D eigenvalue weighted by atomic mass is 10.5. The average molecular weight is 155 g/mol. The Balaban J connectivity index is 2.88. The van der Waals surface area contributed by atoms with Crippen molar-refractivity contribution < 1.29 is 4.79 Å². The van der Waals surface area contributed by atoms with Crippen LogP contribution in [0.2, 0.25) is 0 Å². The van der Waals surface area contributed by atoms with E-state index in [-0.39, 0.29) is 0 Å². The fourth-order valence-corrected chi connectivity index (χ4v) is 1.39. The number of thiophene rings is 1. The van der Waals surface area contributed by atoms with Gasteiger partial charge >= 0.3 is 0 Å². The summed E-state index contributed by atoms with van der Waals surface area (Å²) in [6.45, 7) is 0. The van der Waals surface area contributed by atoms with Gasteiger partial charge in [-0.3, -0.25) is 4.79 Å². The molecule has 0 bridgehead atoms. The zero-order valence-corrected chi connectivity index (χ0v) is 6.81. The maximum Gasteiger partial charge on any atom is 0.160 e. The van der Waals surface area contributed by atoms with Crippen LogP contribution in [0.1, 0.15) is 9.67 Å². The van der Waals surface area contributed by atoms with Crippen LogP contribution >= 0.6 is 11.3 Å². The zero-order chi connectivity index (χ0) is 7.56. The van der Waals surface area contributed by atoms with Gasteiger partial charge in [-0.2, -0.15) is 0 Å². The van der Waals surface area contributed by atoms with E-state index in [4.69, 9.17) is 0 Å². The highest BCUT2D eigenvalue weighted by molar-refractivity contribution is 7.17. The Morgan fingerprint density at radius 3 is 2.50 bits per heavy atom. The first-order chi connectivity index (χ1) is 4.74. The van der Waals surface area contributed by atoms with Crippen molar-refractivity contribution in [2.24, 2.45) is 0 Å². The van der Waals surface area contributed by atoms with Gasteiger partial charge in [0.15, 0.2) is 6.29 Å². The average Bonchev–Trinajstić information content (AvgIpc) is 2.34. The number of aldehydes is 1. The lowest BCUT2D eigenvalue weighted by Crippen LogP contribution is -2.05. The molecular weight excluding hydrogens is 146 g/mol. The van der Waals surface area contributed by atoms with E-state index in [1.165, 1.54) is 11.3 Å². The van der Waals surface area contributed by atoms with Crippen molar-refractivity contribution in [2.75, 3.05) is 19.0 Å². The minimum absolute atomic E-state index is 0.781. The van der Waals surface area contributed by atoms with Crippen molar-refractivity contribution in [3.8, 4) is 0 Å². The number of hydrogen-bond acceptors (Lipinski definition) is 3. The molecule has 0 N–H and O–H groups in total. The van der Waals surface area contributed by atoms with E-state index < -0.39 is 0 Å². The van der Waals surface area contributed by atoms with Gasteiger partial charge < -0.3 is 4.90 Å². The van der Waals surface area contributed by atoms with Crippen LogP contribution in [0.3, 0.4) is 0 Å². The Bertz CT molecular complexity index is 229. The van der Waals surface area contributed by atoms with Crippen LogP contribution < -0.4 is 4.90 Å². The number of carbonyl (C=O) groups excluding carboxylic acids is 1. The van der Waals surface area contributed by atoms with Crippen LogP contribution in [0, 0.1) is 0 Å². The Morgan fingerprint density at radius 2 is 2.20 bits per heavy atom. The molecule has 0 unspecified atom stereocenters. The molecule has 0 aliphatic heterocycles. The molecule has 1 rings (SSSR count). The van der Waals surface area contributed by atoms with Crippen molar-refractivity contribution in [1.82, 2.24) is 0 Å². The van der Waals surface area contributed by atoms with Crippen molar-refractivity contribution in [3.05, 3.63) is 17.0 Å². The van der Waals surface area contributed by atoms with Crippen LogP contribution in [0.4, 0.5) is 5.00 Å². The third-order valence-corrected chi connectivity index (χ3v) is 2.35. The second kappa shape index (κ2) is 2.84. The molecular formula is C7H9NOS. The summed E-state index contributed by atoms with van der Waals surface area (Å²) in [5.41, 5.74) is 0. The van der Waals surface area contributed by atoms with E-state index in [9.17, 15) is 4.79 Å². The molecule has 0 aliphatic rings. The second-order valence-electron chi connectivity index (χ2n) is 2.19. The van der Waals surface area contributed by atoms with Crippen molar-refractivity contribution in [2.45, 2.75) is 0 Å². The lowest BCUT2D eigenvalue weighted by molar-refractivity contribution is 0.112. The molecule has 0 saturated carbocycles. The molecule has 1 aromatic rings. The number of hydrogen-bond donors (Lipinski definition) is 0. The van der Waals surface area contributed by atoms with Gasteiger partial charge in [0, 0.05) is 14.1 Å². The van der Waals surface area contributed by atoms with Gasteiger partial charge in [-0.25, -0.2) is 0 Å². The highest BCUT2D eigenvalue weighted by Gasteiger charge is 1.98. The van der Waals surface area contributed by atoms with E-state index in [2.05, 4.69) is 0 Å². The minimum atomic E-state index is 0.781. The predicted octanol–water partition coefficient (Wildman–Crippen LogP) is 1.63. The first kappa shape index (κ1) is 7.28. The van der Waals surface area contributed by atoms with E-state index in [1.54, 1.807) is 0 Å².